The van der Waals surface area contributed by atoms with Crippen LogP contribution in [0.4, 0.5) is 0 Å². The number of amides is 2. The number of imide groups is 1. The molecule has 27 heavy (non-hydrogen) atoms. The van der Waals surface area contributed by atoms with Crippen LogP contribution in [0.2, 0.25) is 0 Å². The SMILES string of the molecule is O=C1CC(Cl)C(=O)N1.O=P(O)(OCc1ccccc1)OCc1ccccc1. The summed E-state index contributed by atoms with van der Waals surface area (Å²) in [6.07, 6.45) is 0.125. The third-order valence-electron chi connectivity index (χ3n) is 3.39. The largest absolute Gasteiger partial charge is 0.472 e. The van der Waals surface area contributed by atoms with E-state index in [2.05, 4.69) is 5.32 Å². The van der Waals surface area contributed by atoms with Gasteiger partial charge in [0.25, 0.3) is 0 Å². The Hall–Kier alpha value is -2.02. The smallest absolute Gasteiger partial charge is 0.302 e. The lowest BCUT2D eigenvalue weighted by molar-refractivity contribution is -0.124. The van der Waals surface area contributed by atoms with Gasteiger partial charge in [-0.25, -0.2) is 4.57 Å². The highest BCUT2D eigenvalue weighted by Gasteiger charge is 2.27. The van der Waals surface area contributed by atoms with Gasteiger partial charge in [0, 0.05) is 0 Å². The molecular formula is C18H19ClNO6P. The van der Waals surface area contributed by atoms with Gasteiger partial charge < -0.3 is 4.89 Å². The van der Waals surface area contributed by atoms with E-state index >= 15 is 0 Å². The van der Waals surface area contributed by atoms with Crippen LogP contribution in [-0.2, 0) is 36.4 Å². The monoisotopic (exact) mass is 411 g/mol. The van der Waals surface area contributed by atoms with Crippen molar-refractivity contribution in [2.24, 2.45) is 0 Å². The molecule has 1 unspecified atom stereocenters. The van der Waals surface area contributed by atoms with E-state index in [0.717, 1.165) is 11.1 Å². The second-order valence-electron chi connectivity index (χ2n) is 5.57. The van der Waals surface area contributed by atoms with Crippen LogP contribution < -0.4 is 5.32 Å². The number of nitrogens with one attached hydrogen (secondary N) is 1. The van der Waals surface area contributed by atoms with Crippen LogP contribution in [0.15, 0.2) is 60.7 Å². The van der Waals surface area contributed by atoms with E-state index < -0.39 is 13.2 Å². The zero-order valence-electron chi connectivity index (χ0n) is 14.3. The molecule has 2 aromatic rings. The Bertz CT molecular complexity index is 755. The number of phosphoric acid groups is 1. The molecule has 0 bridgehead atoms. The average Bonchev–Trinajstić information content (AvgIpc) is 2.96. The molecule has 2 N–H and O–H groups in total. The molecular weight excluding hydrogens is 393 g/mol. The predicted octanol–water partition coefficient (Wildman–Crippen LogP) is 3.16. The maximum atomic E-state index is 11.7. The summed E-state index contributed by atoms with van der Waals surface area (Å²) in [5.74, 6) is -0.660. The molecule has 9 heteroatoms. The van der Waals surface area contributed by atoms with Gasteiger partial charge in [0.05, 0.1) is 19.6 Å². The van der Waals surface area contributed by atoms with E-state index in [1.807, 2.05) is 60.7 Å². The third-order valence-corrected chi connectivity index (χ3v) is 4.65. The fourth-order valence-electron chi connectivity index (χ4n) is 2.02. The number of halogens is 1. The van der Waals surface area contributed by atoms with Crippen molar-refractivity contribution < 1.29 is 28.1 Å². The summed E-state index contributed by atoms with van der Waals surface area (Å²) in [4.78, 5) is 30.1. The second kappa shape index (κ2) is 10.3. The lowest BCUT2D eigenvalue weighted by Crippen LogP contribution is -2.21. The minimum Gasteiger partial charge on any atom is -0.302 e. The summed E-state index contributed by atoms with van der Waals surface area (Å²) < 4.78 is 21.5. The minimum atomic E-state index is -4.02. The second-order valence-corrected chi connectivity index (χ2v) is 7.55. The van der Waals surface area contributed by atoms with Crippen LogP contribution in [0.25, 0.3) is 0 Å². The van der Waals surface area contributed by atoms with Gasteiger partial charge in [0.2, 0.25) is 11.8 Å². The highest BCUT2D eigenvalue weighted by atomic mass is 35.5. The zero-order valence-corrected chi connectivity index (χ0v) is 15.9. The topological polar surface area (TPSA) is 102 Å². The number of carbonyl (C=O) groups excluding carboxylic acids is 2. The summed E-state index contributed by atoms with van der Waals surface area (Å²) in [6, 6.07) is 18.4. The van der Waals surface area contributed by atoms with Crippen LogP contribution >= 0.6 is 19.4 Å². The third kappa shape index (κ3) is 8.03. The molecule has 0 aliphatic carbocycles. The Morgan fingerprint density at radius 3 is 1.70 bits per heavy atom. The van der Waals surface area contributed by atoms with E-state index in [9.17, 15) is 19.0 Å². The number of hydrogen-bond donors (Lipinski definition) is 2. The number of phosphoric ester groups is 1. The lowest BCUT2D eigenvalue weighted by atomic mass is 10.2. The molecule has 1 atom stereocenters. The summed E-state index contributed by atoms with van der Waals surface area (Å²) >= 11 is 5.32. The molecule has 7 nitrogen and oxygen atoms in total. The van der Waals surface area contributed by atoms with Crippen molar-refractivity contribution in [1.29, 1.82) is 0 Å². The Morgan fingerprint density at radius 1 is 0.963 bits per heavy atom. The summed E-state index contributed by atoms with van der Waals surface area (Å²) in [6.45, 7) is 0.0901. The number of alkyl halides is 1. The first-order valence-corrected chi connectivity index (χ1v) is 9.96. The maximum absolute atomic E-state index is 11.7. The highest BCUT2D eigenvalue weighted by molar-refractivity contribution is 7.47. The molecule has 0 aromatic heterocycles. The number of rotatable bonds is 6. The lowest BCUT2D eigenvalue weighted by Gasteiger charge is -2.12. The number of carbonyl (C=O) groups is 2. The Morgan fingerprint density at radius 2 is 1.41 bits per heavy atom. The highest BCUT2D eigenvalue weighted by Crippen LogP contribution is 2.44. The van der Waals surface area contributed by atoms with Crippen molar-refractivity contribution in [3.63, 3.8) is 0 Å². The van der Waals surface area contributed by atoms with E-state index in [-0.39, 0.29) is 31.4 Å². The fraction of sp³-hybridized carbons (Fsp3) is 0.222. The maximum Gasteiger partial charge on any atom is 0.472 e. The molecule has 0 saturated carbocycles. The van der Waals surface area contributed by atoms with Gasteiger partial charge in [-0.15, -0.1) is 11.6 Å². The molecule has 1 aliphatic rings. The molecule has 1 saturated heterocycles. The normalized spacial score (nSPS) is 16.4. The van der Waals surface area contributed by atoms with Gasteiger partial charge in [0.1, 0.15) is 5.38 Å². The Labute approximate surface area is 161 Å². The van der Waals surface area contributed by atoms with Gasteiger partial charge in [0.15, 0.2) is 0 Å². The summed E-state index contributed by atoms with van der Waals surface area (Å²) in [5, 5.41) is 1.42. The van der Waals surface area contributed by atoms with Gasteiger partial charge in [-0.1, -0.05) is 60.7 Å². The quantitative estimate of drug-likeness (QED) is 0.430. The predicted molar refractivity (Wildman–Crippen MR) is 99.7 cm³/mol. The van der Waals surface area contributed by atoms with Crippen molar-refractivity contribution in [1.82, 2.24) is 5.32 Å². The average molecular weight is 412 g/mol. The van der Waals surface area contributed by atoms with Crippen molar-refractivity contribution in [2.75, 3.05) is 0 Å². The molecule has 3 rings (SSSR count). The number of hydrogen-bond acceptors (Lipinski definition) is 5. The first-order valence-electron chi connectivity index (χ1n) is 8.03. The molecule has 2 aromatic carbocycles. The standard InChI is InChI=1S/C14H15O4P.C4H4ClNO2/c15-19(16,17-11-13-7-3-1-4-8-13)18-12-14-9-5-2-6-10-14;5-2-1-3(7)6-4(2)8/h1-10H,11-12H2,(H,15,16);2H,1H2,(H,6,7,8). The van der Waals surface area contributed by atoms with E-state index in [0.29, 0.717) is 0 Å². The van der Waals surface area contributed by atoms with Crippen LogP contribution in [0.1, 0.15) is 17.5 Å². The summed E-state index contributed by atoms with van der Waals surface area (Å²) in [5.41, 5.74) is 1.64. The van der Waals surface area contributed by atoms with Crippen molar-refractivity contribution >= 4 is 31.2 Å². The Balaban J connectivity index is 0.000000273. The summed E-state index contributed by atoms with van der Waals surface area (Å²) in [7, 11) is -4.02. The molecule has 144 valence electrons. The van der Waals surface area contributed by atoms with Gasteiger partial charge in [-0.05, 0) is 11.1 Å². The first-order chi connectivity index (χ1) is 12.9. The molecule has 0 spiro atoms. The molecule has 0 radical (unpaired) electrons. The van der Waals surface area contributed by atoms with Gasteiger partial charge >= 0.3 is 7.82 Å². The molecule has 1 heterocycles. The van der Waals surface area contributed by atoms with Crippen LogP contribution in [0.5, 0.6) is 0 Å². The molecule has 1 aliphatic heterocycles. The molecule has 2 amide bonds. The van der Waals surface area contributed by atoms with E-state index in [4.69, 9.17) is 20.6 Å². The first kappa shape index (κ1) is 21.3. The van der Waals surface area contributed by atoms with E-state index in [1.54, 1.807) is 0 Å². The van der Waals surface area contributed by atoms with Gasteiger partial charge in [-0.2, -0.15) is 0 Å². The molecule has 1 fully saturated rings. The van der Waals surface area contributed by atoms with Crippen molar-refractivity contribution in [3.05, 3.63) is 71.8 Å². The minimum absolute atomic E-state index is 0.0450. The number of benzene rings is 2. The van der Waals surface area contributed by atoms with Gasteiger partial charge in [-0.3, -0.25) is 24.0 Å². The Kier molecular flexibility index (Phi) is 8.16. The van der Waals surface area contributed by atoms with Crippen LogP contribution in [0.3, 0.4) is 0 Å². The van der Waals surface area contributed by atoms with Crippen molar-refractivity contribution in [2.45, 2.75) is 25.0 Å². The van der Waals surface area contributed by atoms with Crippen molar-refractivity contribution in [3.8, 4) is 0 Å². The van der Waals surface area contributed by atoms with E-state index in [1.165, 1.54) is 0 Å². The zero-order chi connectivity index (χ0) is 19.7. The fourth-order valence-corrected chi connectivity index (χ4v) is 2.91. The van der Waals surface area contributed by atoms with Crippen LogP contribution in [0, 0.1) is 0 Å². The van der Waals surface area contributed by atoms with Crippen LogP contribution in [-0.4, -0.2) is 22.1 Å².